The zero-order valence-electron chi connectivity index (χ0n) is 18.3. The molecule has 7 nitrogen and oxygen atoms in total. The number of aryl methyl sites for hydroxylation is 1. The maximum Gasteiger partial charge on any atom is 0.230 e. The van der Waals surface area contributed by atoms with Gasteiger partial charge in [-0.15, -0.1) is 10.2 Å². The van der Waals surface area contributed by atoms with Crippen molar-refractivity contribution < 1.29 is 9.53 Å². The van der Waals surface area contributed by atoms with E-state index < -0.39 is 0 Å². The lowest BCUT2D eigenvalue weighted by Crippen LogP contribution is -2.29. The number of nitrogens with one attached hydrogen (secondary N) is 1. The Kier molecular flexibility index (Phi) is 7.71. The van der Waals surface area contributed by atoms with Crippen LogP contribution in [0.25, 0.3) is 11.4 Å². The van der Waals surface area contributed by atoms with Crippen molar-refractivity contribution in [3.63, 3.8) is 0 Å². The van der Waals surface area contributed by atoms with Crippen LogP contribution in [-0.2, 0) is 11.3 Å². The molecule has 0 aliphatic heterocycles. The largest absolute Gasteiger partial charge is 0.492 e. The second-order valence-electron chi connectivity index (χ2n) is 7.42. The highest BCUT2D eigenvalue weighted by Gasteiger charge is 2.16. The Morgan fingerprint density at radius 3 is 2.64 bits per heavy atom. The molecule has 0 unspecified atom stereocenters. The van der Waals surface area contributed by atoms with Crippen LogP contribution >= 0.6 is 11.8 Å². The van der Waals surface area contributed by atoms with E-state index in [0.717, 1.165) is 28.3 Å². The van der Waals surface area contributed by atoms with Gasteiger partial charge in [-0.25, -0.2) is 0 Å². The van der Waals surface area contributed by atoms with Crippen molar-refractivity contribution in [2.45, 2.75) is 18.6 Å². The minimum Gasteiger partial charge on any atom is -0.492 e. The molecule has 0 saturated carbocycles. The third-order valence-electron chi connectivity index (χ3n) is 4.85. The number of aromatic nitrogens is 4. The third-order valence-corrected chi connectivity index (χ3v) is 5.82. The molecule has 0 radical (unpaired) electrons. The van der Waals surface area contributed by atoms with E-state index in [4.69, 9.17) is 4.74 Å². The minimum atomic E-state index is -0.0763. The molecule has 2 heterocycles. The van der Waals surface area contributed by atoms with Crippen LogP contribution in [0.15, 0.2) is 84.3 Å². The van der Waals surface area contributed by atoms with Crippen molar-refractivity contribution in [3.8, 4) is 17.1 Å². The van der Waals surface area contributed by atoms with Crippen LogP contribution in [0.3, 0.4) is 0 Å². The first-order valence-corrected chi connectivity index (χ1v) is 11.6. The molecule has 2 aromatic carbocycles. The Hall–Kier alpha value is -3.65. The molecule has 0 atom stereocenters. The van der Waals surface area contributed by atoms with Crippen LogP contribution in [0.2, 0.25) is 0 Å². The average Bonchev–Trinajstić information content (AvgIpc) is 3.24. The summed E-state index contributed by atoms with van der Waals surface area (Å²) in [5.74, 6) is 1.72. The quantitative estimate of drug-likeness (QED) is 0.285. The molecular formula is C25H25N5O2S. The second-order valence-corrected chi connectivity index (χ2v) is 8.36. The van der Waals surface area contributed by atoms with Crippen molar-refractivity contribution in [1.82, 2.24) is 25.1 Å². The lowest BCUT2D eigenvalue weighted by Gasteiger charge is -2.11. The molecule has 4 aromatic rings. The summed E-state index contributed by atoms with van der Waals surface area (Å²) >= 11 is 1.37. The number of carbonyl (C=O) groups excluding carboxylic acids is 1. The number of thioether (sulfide) groups is 1. The molecule has 1 amide bonds. The molecule has 33 heavy (non-hydrogen) atoms. The molecule has 0 fully saturated rings. The highest BCUT2D eigenvalue weighted by molar-refractivity contribution is 7.99. The predicted molar refractivity (Wildman–Crippen MR) is 129 cm³/mol. The number of pyridine rings is 1. The number of amides is 1. The average molecular weight is 460 g/mol. The lowest BCUT2D eigenvalue weighted by atomic mass is 10.2. The summed E-state index contributed by atoms with van der Waals surface area (Å²) in [6, 6.07) is 21.8. The minimum absolute atomic E-state index is 0.0763. The normalized spacial score (nSPS) is 10.7. The van der Waals surface area contributed by atoms with Gasteiger partial charge in [-0.05, 0) is 42.3 Å². The van der Waals surface area contributed by atoms with E-state index in [1.54, 1.807) is 12.4 Å². The maximum atomic E-state index is 12.4. The van der Waals surface area contributed by atoms with Gasteiger partial charge in [-0.3, -0.25) is 14.3 Å². The SMILES string of the molecule is Cc1cccc(OCCNC(=O)CSc2nnc(-c3ccncc3)n2Cc2ccccc2)c1. The van der Waals surface area contributed by atoms with Gasteiger partial charge in [-0.2, -0.15) is 0 Å². The Morgan fingerprint density at radius 2 is 1.85 bits per heavy atom. The molecule has 0 aliphatic rings. The molecule has 2 aromatic heterocycles. The van der Waals surface area contributed by atoms with Gasteiger partial charge < -0.3 is 10.1 Å². The first-order valence-electron chi connectivity index (χ1n) is 10.7. The summed E-state index contributed by atoms with van der Waals surface area (Å²) < 4.78 is 7.72. The summed E-state index contributed by atoms with van der Waals surface area (Å²) in [5.41, 5.74) is 3.20. The van der Waals surface area contributed by atoms with E-state index in [1.807, 2.05) is 66.1 Å². The number of carbonyl (C=O) groups is 1. The van der Waals surface area contributed by atoms with E-state index in [-0.39, 0.29) is 11.7 Å². The van der Waals surface area contributed by atoms with Crippen LogP contribution in [0.4, 0.5) is 0 Å². The van der Waals surface area contributed by atoms with Crippen LogP contribution < -0.4 is 10.1 Å². The van der Waals surface area contributed by atoms with Gasteiger partial charge in [0.25, 0.3) is 0 Å². The van der Waals surface area contributed by atoms with E-state index in [1.165, 1.54) is 11.8 Å². The van der Waals surface area contributed by atoms with Crippen molar-refractivity contribution >= 4 is 17.7 Å². The van der Waals surface area contributed by atoms with Crippen LogP contribution in [0.1, 0.15) is 11.1 Å². The van der Waals surface area contributed by atoms with Crippen molar-refractivity contribution in [1.29, 1.82) is 0 Å². The molecule has 0 aliphatic carbocycles. The zero-order chi connectivity index (χ0) is 22.9. The Balaban J connectivity index is 1.36. The molecule has 0 saturated heterocycles. The maximum absolute atomic E-state index is 12.4. The fourth-order valence-corrected chi connectivity index (χ4v) is 4.03. The van der Waals surface area contributed by atoms with Gasteiger partial charge in [0.05, 0.1) is 18.8 Å². The number of hydrogen-bond donors (Lipinski definition) is 1. The predicted octanol–water partition coefficient (Wildman–Crippen LogP) is 3.98. The second kappa shape index (κ2) is 11.3. The summed E-state index contributed by atoms with van der Waals surface area (Å²) in [6.45, 7) is 3.48. The molecular weight excluding hydrogens is 434 g/mol. The van der Waals surface area contributed by atoms with Crippen molar-refractivity contribution in [2.24, 2.45) is 0 Å². The van der Waals surface area contributed by atoms with E-state index in [9.17, 15) is 4.79 Å². The number of benzene rings is 2. The molecule has 8 heteroatoms. The smallest absolute Gasteiger partial charge is 0.230 e. The Labute approximate surface area is 197 Å². The van der Waals surface area contributed by atoms with Gasteiger partial charge in [-0.1, -0.05) is 54.2 Å². The summed E-state index contributed by atoms with van der Waals surface area (Å²) in [5, 5.41) is 12.3. The number of nitrogens with zero attached hydrogens (tertiary/aromatic N) is 4. The fourth-order valence-electron chi connectivity index (χ4n) is 3.26. The van der Waals surface area contributed by atoms with E-state index >= 15 is 0 Å². The number of rotatable bonds is 10. The zero-order valence-corrected chi connectivity index (χ0v) is 19.2. The van der Waals surface area contributed by atoms with Gasteiger partial charge in [0.1, 0.15) is 12.4 Å². The van der Waals surface area contributed by atoms with E-state index in [0.29, 0.717) is 24.9 Å². The van der Waals surface area contributed by atoms with Crippen LogP contribution in [-0.4, -0.2) is 44.6 Å². The van der Waals surface area contributed by atoms with E-state index in [2.05, 4.69) is 32.6 Å². The summed E-state index contributed by atoms with van der Waals surface area (Å²) in [4.78, 5) is 16.5. The molecule has 4 rings (SSSR count). The molecule has 168 valence electrons. The number of ether oxygens (including phenoxy) is 1. The Morgan fingerprint density at radius 1 is 1.03 bits per heavy atom. The van der Waals surface area contributed by atoms with Gasteiger partial charge >= 0.3 is 0 Å². The molecule has 0 bridgehead atoms. The monoisotopic (exact) mass is 459 g/mol. The van der Waals surface area contributed by atoms with Crippen LogP contribution in [0.5, 0.6) is 5.75 Å². The van der Waals surface area contributed by atoms with Gasteiger partial charge in [0, 0.05) is 18.0 Å². The first-order chi connectivity index (χ1) is 16.2. The van der Waals surface area contributed by atoms with Crippen LogP contribution in [0, 0.1) is 6.92 Å². The van der Waals surface area contributed by atoms with Gasteiger partial charge in [0.2, 0.25) is 5.91 Å². The molecule has 1 N–H and O–H groups in total. The Bertz CT molecular complexity index is 1180. The lowest BCUT2D eigenvalue weighted by molar-refractivity contribution is -0.118. The fraction of sp³-hybridized carbons (Fsp3) is 0.200. The van der Waals surface area contributed by atoms with Crippen molar-refractivity contribution in [2.75, 3.05) is 18.9 Å². The molecule has 0 spiro atoms. The summed E-state index contributed by atoms with van der Waals surface area (Å²) in [7, 11) is 0. The van der Waals surface area contributed by atoms with Crippen molar-refractivity contribution in [3.05, 3.63) is 90.3 Å². The first kappa shape index (κ1) is 22.5. The summed E-state index contributed by atoms with van der Waals surface area (Å²) in [6.07, 6.45) is 3.46. The highest BCUT2D eigenvalue weighted by atomic mass is 32.2. The third kappa shape index (κ3) is 6.43. The topological polar surface area (TPSA) is 81.9 Å². The number of hydrogen-bond acceptors (Lipinski definition) is 6. The highest BCUT2D eigenvalue weighted by Crippen LogP contribution is 2.24. The van der Waals surface area contributed by atoms with Gasteiger partial charge in [0.15, 0.2) is 11.0 Å². The standard InChI is InChI=1S/C25H25N5O2S/c1-19-6-5-9-22(16-19)32-15-14-27-23(31)18-33-25-29-28-24(21-10-12-26-13-11-21)30(25)17-20-7-3-2-4-8-20/h2-13,16H,14-15,17-18H2,1H3,(H,27,31).